The van der Waals surface area contributed by atoms with Gasteiger partial charge in [-0.05, 0) is 80.0 Å². The van der Waals surface area contributed by atoms with Gasteiger partial charge in [0.15, 0.2) is 0 Å². The molecule has 150 valence electrons. The minimum absolute atomic E-state index is 0.632. The average molecular weight is 395 g/mol. The van der Waals surface area contributed by atoms with E-state index in [1.165, 1.54) is 16.5 Å². The molecule has 0 aliphatic rings. The Kier molecular flexibility index (Phi) is 4.35. The summed E-state index contributed by atoms with van der Waals surface area (Å²) in [6.45, 7) is 10.7. The summed E-state index contributed by atoms with van der Waals surface area (Å²) in [7, 11) is 0. The second-order valence-corrected chi connectivity index (χ2v) is 8.86. The molecule has 3 aromatic heterocycles. The van der Waals surface area contributed by atoms with E-state index in [1.54, 1.807) is 0 Å². The third-order valence-electron chi connectivity index (χ3n) is 5.64. The molecule has 3 nitrogen and oxygen atoms in total. The maximum atomic E-state index is 6.29. The Morgan fingerprint density at radius 2 is 1.60 bits per heavy atom. The standard InChI is InChI=1S/C27H26N2O/c1-15(2)10-19-7-9-21-20(14-19)13-18(5)28-25(21)24-12-16(3)11-23-22-8-6-17(4)29-27(22)30-26(23)24/h6-9,11-15H,10H2,1-5H3. The molecule has 0 fully saturated rings. The fourth-order valence-corrected chi connectivity index (χ4v) is 4.42. The highest BCUT2D eigenvalue weighted by Gasteiger charge is 2.17. The average Bonchev–Trinajstić information content (AvgIpc) is 3.03. The Bertz CT molecular complexity index is 1430. The number of hydrogen-bond donors (Lipinski definition) is 0. The van der Waals surface area contributed by atoms with Crippen LogP contribution in [-0.2, 0) is 6.42 Å². The van der Waals surface area contributed by atoms with Crippen LogP contribution >= 0.6 is 0 Å². The Hall–Kier alpha value is -3.20. The second-order valence-electron chi connectivity index (χ2n) is 8.86. The van der Waals surface area contributed by atoms with Crippen LogP contribution in [0.4, 0.5) is 0 Å². The Morgan fingerprint density at radius 1 is 0.800 bits per heavy atom. The van der Waals surface area contributed by atoms with Crippen molar-refractivity contribution in [3.63, 3.8) is 0 Å². The van der Waals surface area contributed by atoms with Crippen molar-refractivity contribution in [1.82, 2.24) is 9.97 Å². The zero-order valence-corrected chi connectivity index (χ0v) is 18.2. The summed E-state index contributed by atoms with van der Waals surface area (Å²) in [5, 5.41) is 4.54. The van der Waals surface area contributed by atoms with Gasteiger partial charge in [-0.3, -0.25) is 4.98 Å². The van der Waals surface area contributed by atoms with Crippen molar-refractivity contribution < 1.29 is 4.42 Å². The SMILES string of the molecule is Cc1cc(-c2nc(C)cc3cc(CC(C)C)ccc23)c2oc3nc(C)ccc3c2c1. The lowest BCUT2D eigenvalue weighted by Gasteiger charge is -2.12. The van der Waals surface area contributed by atoms with Crippen molar-refractivity contribution >= 4 is 32.8 Å². The first kappa shape index (κ1) is 18.8. The molecule has 0 amide bonds. The van der Waals surface area contributed by atoms with Gasteiger partial charge in [0.2, 0.25) is 5.71 Å². The van der Waals surface area contributed by atoms with Crippen LogP contribution in [0.15, 0.2) is 52.9 Å². The molecule has 30 heavy (non-hydrogen) atoms. The van der Waals surface area contributed by atoms with Gasteiger partial charge in [-0.1, -0.05) is 32.0 Å². The van der Waals surface area contributed by atoms with Gasteiger partial charge in [-0.2, -0.15) is 0 Å². The molecule has 0 spiro atoms. The van der Waals surface area contributed by atoms with Gasteiger partial charge in [0, 0.05) is 33.1 Å². The van der Waals surface area contributed by atoms with Crippen molar-refractivity contribution in [1.29, 1.82) is 0 Å². The Morgan fingerprint density at radius 3 is 2.40 bits per heavy atom. The number of fused-ring (bicyclic) bond motifs is 4. The lowest BCUT2D eigenvalue weighted by Crippen LogP contribution is -1.96. The molecular formula is C27H26N2O. The molecule has 5 rings (SSSR count). The molecule has 0 saturated carbocycles. The van der Waals surface area contributed by atoms with E-state index in [0.29, 0.717) is 11.6 Å². The normalized spacial score (nSPS) is 11.9. The summed E-state index contributed by atoms with van der Waals surface area (Å²) >= 11 is 0. The first-order valence-electron chi connectivity index (χ1n) is 10.6. The molecule has 0 aliphatic carbocycles. The van der Waals surface area contributed by atoms with Crippen molar-refractivity contribution in [3.8, 4) is 11.3 Å². The van der Waals surface area contributed by atoms with E-state index in [1.807, 2.05) is 13.0 Å². The number of benzene rings is 2. The molecular weight excluding hydrogens is 368 g/mol. The summed E-state index contributed by atoms with van der Waals surface area (Å²) in [4.78, 5) is 9.57. The monoisotopic (exact) mass is 394 g/mol. The zero-order chi connectivity index (χ0) is 21.0. The summed E-state index contributed by atoms with van der Waals surface area (Å²) < 4.78 is 6.29. The van der Waals surface area contributed by atoms with E-state index >= 15 is 0 Å². The predicted octanol–water partition coefficient (Wildman–Crippen LogP) is 7.32. The van der Waals surface area contributed by atoms with Crippen LogP contribution in [0.5, 0.6) is 0 Å². The van der Waals surface area contributed by atoms with Crippen LogP contribution in [0.1, 0.15) is 36.4 Å². The molecule has 2 aromatic carbocycles. The highest BCUT2D eigenvalue weighted by molar-refractivity contribution is 6.11. The molecule has 0 bridgehead atoms. The Labute approximate surface area is 176 Å². The summed E-state index contributed by atoms with van der Waals surface area (Å²) in [5.74, 6) is 0.632. The van der Waals surface area contributed by atoms with Gasteiger partial charge in [0.1, 0.15) is 5.58 Å². The number of hydrogen-bond acceptors (Lipinski definition) is 3. The van der Waals surface area contributed by atoms with E-state index < -0.39 is 0 Å². The number of aryl methyl sites for hydroxylation is 3. The Balaban J connectivity index is 1.82. The number of aromatic nitrogens is 2. The maximum absolute atomic E-state index is 6.29. The van der Waals surface area contributed by atoms with E-state index in [2.05, 4.69) is 75.1 Å². The maximum Gasteiger partial charge on any atom is 0.227 e. The van der Waals surface area contributed by atoms with Crippen molar-refractivity contribution in [2.45, 2.75) is 41.0 Å². The number of nitrogens with zero attached hydrogens (tertiary/aromatic N) is 2. The highest BCUT2D eigenvalue weighted by atomic mass is 16.3. The van der Waals surface area contributed by atoms with Crippen LogP contribution in [0.2, 0.25) is 0 Å². The molecule has 3 heterocycles. The van der Waals surface area contributed by atoms with Crippen LogP contribution in [0.25, 0.3) is 44.1 Å². The lowest BCUT2D eigenvalue weighted by atomic mass is 9.96. The molecule has 5 aromatic rings. The minimum Gasteiger partial charge on any atom is -0.437 e. The third-order valence-corrected chi connectivity index (χ3v) is 5.64. The minimum atomic E-state index is 0.632. The van der Waals surface area contributed by atoms with Crippen molar-refractivity contribution in [3.05, 3.63) is 71.0 Å². The van der Waals surface area contributed by atoms with E-state index in [4.69, 9.17) is 9.40 Å². The van der Waals surface area contributed by atoms with Gasteiger partial charge in [-0.25, -0.2) is 4.98 Å². The molecule has 3 heteroatoms. The van der Waals surface area contributed by atoms with Crippen molar-refractivity contribution in [2.75, 3.05) is 0 Å². The van der Waals surface area contributed by atoms with E-state index in [-0.39, 0.29) is 0 Å². The van der Waals surface area contributed by atoms with Crippen LogP contribution < -0.4 is 0 Å². The fraction of sp³-hybridized carbons (Fsp3) is 0.259. The summed E-state index contributed by atoms with van der Waals surface area (Å²) in [6, 6.07) is 17.4. The van der Waals surface area contributed by atoms with Gasteiger partial charge < -0.3 is 4.42 Å². The summed E-state index contributed by atoms with van der Waals surface area (Å²) in [5.41, 5.74) is 8.08. The van der Waals surface area contributed by atoms with Gasteiger partial charge in [0.25, 0.3) is 0 Å². The van der Waals surface area contributed by atoms with Gasteiger partial charge >= 0.3 is 0 Å². The molecule has 0 atom stereocenters. The number of furan rings is 1. The number of pyridine rings is 2. The first-order chi connectivity index (χ1) is 14.4. The topological polar surface area (TPSA) is 38.9 Å². The molecule has 0 N–H and O–H groups in total. The largest absolute Gasteiger partial charge is 0.437 e. The zero-order valence-electron chi connectivity index (χ0n) is 18.2. The molecule has 0 unspecified atom stereocenters. The van der Waals surface area contributed by atoms with Crippen LogP contribution in [0, 0.1) is 26.7 Å². The smallest absolute Gasteiger partial charge is 0.227 e. The molecule has 0 aliphatic heterocycles. The molecule has 0 saturated heterocycles. The highest BCUT2D eigenvalue weighted by Crippen LogP contribution is 2.38. The third kappa shape index (κ3) is 3.15. The fourth-order valence-electron chi connectivity index (χ4n) is 4.42. The quantitative estimate of drug-likeness (QED) is 0.322. The summed E-state index contributed by atoms with van der Waals surface area (Å²) in [6.07, 6.45) is 1.08. The second kappa shape index (κ2) is 6.94. The van der Waals surface area contributed by atoms with E-state index in [0.717, 1.165) is 50.8 Å². The number of rotatable bonds is 3. The van der Waals surface area contributed by atoms with Gasteiger partial charge in [-0.15, -0.1) is 0 Å². The van der Waals surface area contributed by atoms with Crippen LogP contribution in [0.3, 0.4) is 0 Å². The molecule has 0 radical (unpaired) electrons. The lowest BCUT2D eigenvalue weighted by molar-refractivity contribution is 0.648. The van der Waals surface area contributed by atoms with Crippen molar-refractivity contribution in [2.24, 2.45) is 5.92 Å². The van der Waals surface area contributed by atoms with E-state index in [9.17, 15) is 0 Å². The van der Waals surface area contributed by atoms with Crippen LogP contribution in [-0.4, -0.2) is 9.97 Å². The predicted molar refractivity (Wildman–Crippen MR) is 125 cm³/mol. The van der Waals surface area contributed by atoms with Gasteiger partial charge in [0.05, 0.1) is 5.69 Å². The first-order valence-corrected chi connectivity index (χ1v) is 10.6.